The lowest BCUT2D eigenvalue weighted by atomic mass is 9.91. The molecule has 0 radical (unpaired) electrons. The highest BCUT2D eigenvalue weighted by molar-refractivity contribution is 6.30. The third-order valence-electron chi connectivity index (χ3n) is 3.88. The Labute approximate surface area is 114 Å². The number of halogens is 2. The van der Waals surface area contributed by atoms with Gasteiger partial charge in [-0.05, 0) is 44.7 Å². The standard InChI is InChI=1S/C15H21ClFN/c1-10-8-15(10,9-18-14(2,3)4)11-6-5-7-12(16)13(11)17/h5-7,10,18H,8-9H2,1-4H3. The molecule has 0 amide bonds. The molecule has 1 aromatic rings. The summed E-state index contributed by atoms with van der Waals surface area (Å²) >= 11 is 5.89. The molecule has 2 atom stereocenters. The van der Waals surface area contributed by atoms with E-state index in [0.29, 0.717) is 5.92 Å². The fourth-order valence-corrected chi connectivity index (χ4v) is 2.69. The summed E-state index contributed by atoms with van der Waals surface area (Å²) in [5.41, 5.74) is 0.728. The average molecular weight is 270 g/mol. The Morgan fingerprint density at radius 1 is 1.44 bits per heavy atom. The molecule has 1 aliphatic rings. The van der Waals surface area contributed by atoms with E-state index in [2.05, 4.69) is 33.0 Å². The Bertz CT molecular complexity index is 452. The minimum atomic E-state index is -0.251. The molecule has 1 N–H and O–H groups in total. The van der Waals surface area contributed by atoms with Crippen LogP contribution in [0.15, 0.2) is 18.2 Å². The van der Waals surface area contributed by atoms with Crippen LogP contribution in [0.25, 0.3) is 0 Å². The van der Waals surface area contributed by atoms with Crippen LogP contribution in [0.2, 0.25) is 5.02 Å². The van der Waals surface area contributed by atoms with Gasteiger partial charge in [0.1, 0.15) is 5.82 Å². The highest BCUT2D eigenvalue weighted by Crippen LogP contribution is 2.54. The number of benzene rings is 1. The number of hydrogen-bond acceptors (Lipinski definition) is 1. The minimum absolute atomic E-state index is 0.0460. The predicted octanol–water partition coefficient (Wildman–Crippen LogP) is 4.14. The van der Waals surface area contributed by atoms with E-state index in [1.165, 1.54) is 0 Å². The largest absolute Gasteiger partial charge is 0.311 e. The maximum Gasteiger partial charge on any atom is 0.145 e. The van der Waals surface area contributed by atoms with E-state index < -0.39 is 0 Å². The van der Waals surface area contributed by atoms with Crippen LogP contribution in [-0.2, 0) is 5.41 Å². The SMILES string of the molecule is CC1CC1(CNC(C)(C)C)c1cccc(Cl)c1F. The van der Waals surface area contributed by atoms with Crippen molar-refractivity contribution in [3.8, 4) is 0 Å². The Morgan fingerprint density at radius 2 is 2.06 bits per heavy atom. The van der Waals surface area contributed by atoms with Gasteiger partial charge in [-0.3, -0.25) is 0 Å². The zero-order chi connectivity index (χ0) is 13.6. The van der Waals surface area contributed by atoms with Crippen molar-refractivity contribution in [2.24, 2.45) is 5.92 Å². The second-order valence-corrected chi connectivity index (χ2v) is 6.87. The van der Waals surface area contributed by atoms with Crippen molar-refractivity contribution in [3.05, 3.63) is 34.6 Å². The highest BCUT2D eigenvalue weighted by atomic mass is 35.5. The monoisotopic (exact) mass is 269 g/mol. The number of nitrogens with one attached hydrogen (secondary N) is 1. The van der Waals surface area contributed by atoms with Crippen molar-refractivity contribution in [1.29, 1.82) is 0 Å². The van der Waals surface area contributed by atoms with Gasteiger partial charge in [0.2, 0.25) is 0 Å². The van der Waals surface area contributed by atoms with Gasteiger partial charge in [-0.15, -0.1) is 0 Å². The molecule has 0 bridgehead atoms. The second-order valence-electron chi connectivity index (χ2n) is 6.47. The lowest BCUT2D eigenvalue weighted by Gasteiger charge is -2.26. The third kappa shape index (κ3) is 2.55. The van der Waals surface area contributed by atoms with Crippen LogP contribution in [0.3, 0.4) is 0 Å². The topological polar surface area (TPSA) is 12.0 Å². The first-order chi connectivity index (χ1) is 8.26. The molecular weight excluding hydrogens is 249 g/mol. The minimum Gasteiger partial charge on any atom is -0.311 e. The van der Waals surface area contributed by atoms with Crippen molar-refractivity contribution >= 4 is 11.6 Å². The zero-order valence-electron chi connectivity index (χ0n) is 11.5. The lowest BCUT2D eigenvalue weighted by molar-refractivity contribution is 0.386. The Hall–Kier alpha value is -0.600. The normalized spacial score (nSPS) is 27.3. The van der Waals surface area contributed by atoms with E-state index in [0.717, 1.165) is 18.5 Å². The summed E-state index contributed by atoms with van der Waals surface area (Å²) in [4.78, 5) is 0. The molecule has 0 aromatic heterocycles. The van der Waals surface area contributed by atoms with Crippen molar-refractivity contribution in [3.63, 3.8) is 0 Å². The van der Waals surface area contributed by atoms with Crippen LogP contribution in [0.4, 0.5) is 4.39 Å². The molecule has 0 spiro atoms. The molecule has 1 fully saturated rings. The molecule has 0 aliphatic heterocycles. The van der Waals surface area contributed by atoms with Crippen molar-refractivity contribution in [1.82, 2.24) is 5.32 Å². The molecule has 2 rings (SSSR count). The van der Waals surface area contributed by atoms with Crippen molar-refractivity contribution in [2.75, 3.05) is 6.54 Å². The molecular formula is C15H21ClFN. The fraction of sp³-hybridized carbons (Fsp3) is 0.600. The lowest BCUT2D eigenvalue weighted by Crippen LogP contribution is -2.41. The first kappa shape index (κ1) is 13.8. The maximum absolute atomic E-state index is 14.2. The smallest absolute Gasteiger partial charge is 0.145 e. The maximum atomic E-state index is 14.2. The molecule has 0 heterocycles. The number of hydrogen-bond donors (Lipinski definition) is 1. The summed E-state index contributed by atoms with van der Waals surface area (Å²) in [6, 6.07) is 5.32. The van der Waals surface area contributed by atoms with Gasteiger partial charge in [0.15, 0.2) is 0 Å². The molecule has 1 aliphatic carbocycles. The van der Waals surface area contributed by atoms with Gasteiger partial charge in [0, 0.05) is 17.5 Å². The third-order valence-corrected chi connectivity index (χ3v) is 4.17. The van der Waals surface area contributed by atoms with Gasteiger partial charge in [-0.2, -0.15) is 0 Å². The molecule has 100 valence electrons. The van der Waals surface area contributed by atoms with Crippen LogP contribution >= 0.6 is 11.6 Å². The van der Waals surface area contributed by atoms with Crippen LogP contribution in [0, 0.1) is 11.7 Å². The predicted molar refractivity (Wildman–Crippen MR) is 74.6 cm³/mol. The summed E-state index contributed by atoms with van der Waals surface area (Å²) in [6.45, 7) is 9.35. The molecule has 2 unspecified atom stereocenters. The quantitative estimate of drug-likeness (QED) is 0.869. The molecule has 1 aromatic carbocycles. The average Bonchev–Trinajstić information content (AvgIpc) is 2.91. The van der Waals surface area contributed by atoms with Crippen LogP contribution in [0.5, 0.6) is 0 Å². The van der Waals surface area contributed by atoms with Crippen molar-refractivity contribution in [2.45, 2.75) is 45.1 Å². The Balaban J connectivity index is 2.26. The van der Waals surface area contributed by atoms with Crippen LogP contribution < -0.4 is 5.32 Å². The van der Waals surface area contributed by atoms with Gasteiger partial charge in [0.25, 0.3) is 0 Å². The fourth-order valence-electron chi connectivity index (χ4n) is 2.52. The van der Waals surface area contributed by atoms with Crippen molar-refractivity contribution < 1.29 is 4.39 Å². The zero-order valence-corrected chi connectivity index (χ0v) is 12.2. The molecule has 18 heavy (non-hydrogen) atoms. The van der Waals surface area contributed by atoms with Gasteiger partial charge < -0.3 is 5.32 Å². The van der Waals surface area contributed by atoms with Gasteiger partial charge in [-0.1, -0.05) is 30.7 Å². The summed E-state index contributed by atoms with van der Waals surface area (Å²) < 4.78 is 14.2. The highest BCUT2D eigenvalue weighted by Gasteiger charge is 2.53. The molecule has 3 heteroatoms. The summed E-state index contributed by atoms with van der Waals surface area (Å²) in [6.07, 6.45) is 1.02. The molecule has 0 saturated heterocycles. The summed E-state index contributed by atoms with van der Waals surface area (Å²) in [5, 5.41) is 3.71. The van der Waals surface area contributed by atoms with Gasteiger partial charge in [0.05, 0.1) is 5.02 Å². The van der Waals surface area contributed by atoms with Gasteiger partial charge in [-0.25, -0.2) is 4.39 Å². The van der Waals surface area contributed by atoms with E-state index in [1.807, 2.05) is 12.1 Å². The van der Waals surface area contributed by atoms with E-state index >= 15 is 0 Å². The Kier molecular flexibility index (Phi) is 3.46. The first-order valence-electron chi connectivity index (χ1n) is 6.46. The Morgan fingerprint density at radius 3 is 2.56 bits per heavy atom. The van der Waals surface area contributed by atoms with E-state index in [4.69, 9.17) is 11.6 Å². The van der Waals surface area contributed by atoms with Gasteiger partial charge >= 0.3 is 0 Å². The molecule has 1 nitrogen and oxygen atoms in total. The second kappa shape index (κ2) is 4.50. The summed E-state index contributed by atoms with van der Waals surface area (Å²) in [5.74, 6) is 0.250. The van der Waals surface area contributed by atoms with E-state index in [1.54, 1.807) is 6.07 Å². The van der Waals surface area contributed by atoms with E-state index in [-0.39, 0.29) is 21.8 Å². The van der Waals surface area contributed by atoms with E-state index in [9.17, 15) is 4.39 Å². The molecule has 1 saturated carbocycles. The van der Waals surface area contributed by atoms with Crippen LogP contribution in [-0.4, -0.2) is 12.1 Å². The van der Waals surface area contributed by atoms with Crippen LogP contribution in [0.1, 0.15) is 39.7 Å². The number of rotatable bonds is 3. The first-order valence-corrected chi connectivity index (χ1v) is 6.83. The summed E-state index contributed by atoms with van der Waals surface area (Å²) in [7, 11) is 0.